The van der Waals surface area contributed by atoms with E-state index in [0.717, 1.165) is 17.7 Å². The Morgan fingerprint density at radius 3 is 2.54 bits per heavy atom. The van der Waals surface area contributed by atoms with Crippen molar-refractivity contribution in [1.29, 1.82) is 0 Å². The molecule has 4 heterocycles. The molecule has 26 heavy (non-hydrogen) atoms. The Bertz CT molecular complexity index is 904. The van der Waals surface area contributed by atoms with E-state index in [1.165, 1.54) is 23.1 Å². The van der Waals surface area contributed by atoms with E-state index in [-0.39, 0.29) is 41.5 Å². The summed E-state index contributed by atoms with van der Waals surface area (Å²) in [6, 6.07) is 4.09. The van der Waals surface area contributed by atoms with Gasteiger partial charge in [0, 0.05) is 5.02 Å². The topological polar surface area (TPSA) is 77.3 Å². The monoisotopic (exact) mass is 376 g/mol. The summed E-state index contributed by atoms with van der Waals surface area (Å²) in [7, 11) is 0. The molecule has 4 atom stereocenters. The summed E-state index contributed by atoms with van der Waals surface area (Å²) >= 11 is 6.03. The van der Waals surface area contributed by atoms with Crippen molar-refractivity contribution >= 4 is 29.4 Å². The highest BCUT2D eigenvalue weighted by Crippen LogP contribution is 2.48. The van der Waals surface area contributed by atoms with E-state index in [0.29, 0.717) is 5.56 Å². The minimum Gasteiger partial charge on any atom is -0.373 e. The van der Waals surface area contributed by atoms with Gasteiger partial charge < -0.3 is 4.74 Å². The third kappa shape index (κ3) is 2.22. The zero-order chi connectivity index (χ0) is 18.0. The number of hydrogen-bond donors (Lipinski definition) is 0. The van der Waals surface area contributed by atoms with E-state index in [1.807, 2.05) is 0 Å². The van der Waals surface area contributed by atoms with Gasteiger partial charge in [0.05, 0.1) is 30.6 Å². The van der Waals surface area contributed by atoms with Crippen LogP contribution in [0.4, 0.5) is 10.3 Å². The molecule has 1 aromatic heterocycles. The van der Waals surface area contributed by atoms with Gasteiger partial charge in [0.2, 0.25) is 11.8 Å². The largest absolute Gasteiger partial charge is 0.373 e. The van der Waals surface area contributed by atoms with Gasteiger partial charge in [-0.25, -0.2) is 14.0 Å². The van der Waals surface area contributed by atoms with E-state index in [1.54, 1.807) is 6.07 Å². The van der Waals surface area contributed by atoms with Crippen molar-refractivity contribution < 1.29 is 18.7 Å². The molecule has 0 unspecified atom stereocenters. The molecule has 3 aliphatic heterocycles. The first kappa shape index (κ1) is 15.9. The van der Waals surface area contributed by atoms with Crippen molar-refractivity contribution in [2.24, 2.45) is 11.8 Å². The normalized spacial score (nSPS) is 29.7. The molecule has 1 aromatic carbocycles. The van der Waals surface area contributed by atoms with Gasteiger partial charge in [-0.05, 0) is 30.5 Å². The molecule has 2 aromatic rings. The molecule has 7 nitrogen and oxygen atoms in total. The number of fused-ring (bicyclic) bond motifs is 5. The van der Waals surface area contributed by atoms with Crippen LogP contribution in [-0.4, -0.2) is 38.8 Å². The quantitative estimate of drug-likeness (QED) is 0.763. The first-order chi connectivity index (χ1) is 12.5. The van der Waals surface area contributed by atoms with Crippen LogP contribution in [-0.2, 0) is 20.9 Å². The van der Waals surface area contributed by atoms with Crippen LogP contribution in [0.3, 0.4) is 0 Å². The molecule has 3 aliphatic rings. The van der Waals surface area contributed by atoms with E-state index in [4.69, 9.17) is 16.3 Å². The van der Waals surface area contributed by atoms with Gasteiger partial charge in [-0.2, -0.15) is 4.98 Å². The van der Waals surface area contributed by atoms with E-state index >= 15 is 0 Å². The van der Waals surface area contributed by atoms with Crippen LogP contribution < -0.4 is 4.90 Å². The number of aromatic nitrogens is 3. The molecule has 3 saturated heterocycles. The zero-order valence-corrected chi connectivity index (χ0v) is 14.3. The number of amides is 2. The third-order valence-electron chi connectivity index (χ3n) is 5.36. The number of ether oxygens (including phenoxy) is 1. The molecular formula is C17H14ClFN4O3. The molecule has 0 N–H and O–H groups in total. The van der Waals surface area contributed by atoms with Gasteiger partial charge in [0.15, 0.2) is 0 Å². The molecule has 5 rings (SSSR count). The number of imide groups is 1. The van der Waals surface area contributed by atoms with E-state index in [9.17, 15) is 14.0 Å². The summed E-state index contributed by atoms with van der Waals surface area (Å²) < 4.78 is 20.3. The fourth-order valence-electron chi connectivity index (χ4n) is 4.20. The van der Waals surface area contributed by atoms with Crippen molar-refractivity contribution in [3.05, 3.63) is 40.9 Å². The summed E-state index contributed by atoms with van der Waals surface area (Å²) in [5, 5.41) is 4.52. The standard InChI is InChI=1S/C17H14ClFN4O3/c18-10-5-9(19)2-1-8(10)6-22-7-20-17(21-22)23-15(24)13-11-3-4-12(26-11)14(13)16(23)25/h1-2,5,7,11-14H,3-4,6H2/t11-,12-,13-,14+/m0/s1. The lowest BCUT2D eigenvalue weighted by atomic mass is 9.81. The number of hydrogen-bond acceptors (Lipinski definition) is 5. The molecular weight excluding hydrogens is 363 g/mol. The predicted molar refractivity (Wildman–Crippen MR) is 87.9 cm³/mol. The summed E-state index contributed by atoms with van der Waals surface area (Å²) in [4.78, 5) is 30.6. The molecule has 0 spiro atoms. The van der Waals surface area contributed by atoms with Crippen LogP contribution in [0.15, 0.2) is 24.5 Å². The van der Waals surface area contributed by atoms with Gasteiger partial charge in [-0.3, -0.25) is 9.59 Å². The number of rotatable bonds is 3. The highest BCUT2D eigenvalue weighted by atomic mass is 35.5. The fourth-order valence-corrected chi connectivity index (χ4v) is 4.42. The number of carbonyl (C=O) groups excluding carboxylic acids is 2. The van der Waals surface area contributed by atoms with Gasteiger partial charge in [-0.15, -0.1) is 5.10 Å². The maximum absolute atomic E-state index is 13.2. The maximum atomic E-state index is 13.2. The van der Waals surface area contributed by atoms with Crippen molar-refractivity contribution in [3.63, 3.8) is 0 Å². The van der Waals surface area contributed by atoms with Crippen molar-refractivity contribution in [1.82, 2.24) is 14.8 Å². The highest BCUT2D eigenvalue weighted by molar-refractivity contribution is 6.31. The van der Waals surface area contributed by atoms with Crippen LogP contribution in [0.2, 0.25) is 5.02 Å². The lowest BCUT2D eigenvalue weighted by Gasteiger charge is -2.14. The minimum atomic E-state index is -0.422. The molecule has 0 aliphatic carbocycles. The average molecular weight is 377 g/mol. The molecule has 9 heteroatoms. The van der Waals surface area contributed by atoms with Crippen LogP contribution in [0.5, 0.6) is 0 Å². The lowest BCUT2D eigenvalue weighted by molar-refractivity contribution is -0.124. The second-order valence-electron chi connectivity index (χ2n) is 6.83. The Kier molecular flexibility index (Phi) is 3.42. The number of nitrogens with zero attached hydrogens (tertiary/aromatic N) is 4. The summed E-state index contributed by atoms with van der Waals surface area (Å²) in [5.74, 6) is -1.77. The number of benzene rings is 1. The predicted octanol–water partition coefficient (Wildman–Crippen LogP) is 1.79. The average Bonchev–Trinajstić information content (AvgIpc) is 3.35. The van der Waals surface area contributed by atoms with Gasteiger partial charge in [0.1, 0.15) is 12.1 Å². The van der Waals surface area contributed by atoms with Crippen molar-refractivity contribution in [2.45, 2.75) is 31.6 Å². The fraction of sp³-hybridized carbons (Fsp3) is 0.412. The smallest absolute Gasteiger partial charge is 0.258 e. The second kappa shape index (κ2) is 5.59. The molecule has 0 saturated carbocycles. The Hall–Kier alpha value is -2.32. The number of carbonyl (C=O) groups is 2. The van der Waals surface area contributed by atoms with Crippen LogP contribution in [0, 0.1) is 17.7 Å². The summed E-state index contributed by atoms with van der Waals surface area (Å²) in [5.41, 5.74) is 0.659. The minimum absolute atomic E-state index is 0.0621. The Balaban J connectivity index is 1.40. The van der Waals surface area contributed by atoms with Crippen molar-refractivity contribution in [3.8, 4) is 0 Å². The van der Waals surface area contributed by atoms with Crippen LogP contribution in [0.1, 0.15) is 18.4 Å². The summed E-state index contributed by atoms with van der Waals surface area (Å²) in [6.45, 7) is 0.254. The van der Waals surface area contributed by atoms with E-state index < -0.39 is 17.7 Å². The number of halogens is 2. The molecule has 3 fully saturated rings. The zero-order valence-electron chi connectivity index (χ0n) is 13.5. The maximum Gasteiger partial charge on any atom is 0.258 e. The van der Waals surface area contributed by atoms with Gasteiger partial charge in [-0.1, -0.05) is 17.7 Å². The van der Waals surface area contributed by atoms with E-state index in [2.05, 4.69) is 10.1 Å². The molecule has 0 radical (unpaired) electrons. The first-order valence-corrected chi connectivity index (χ1v) is 8.77. The number of anilines is 1. The van der Waals surface area contributed by atoms with Crippen LogP contribution >= 0.6 is 11.6 Å². The highest BCUT2D eigenvalue weighted by Gasteiger charge is 2.63. The molecule has 2 bridgehead atoms. The van der Waals surface area contributed by atoms with Crippen molar-refractivity contribution in [2.75, 3.05) is 4.90 Å². The van der Waals surface area contributed by atoms with Crippen LogP contribution in [0.25, 0.3) is 0 Å². The Labute approximate surface area is 152 Å². The first-order valence-electron chi connectivity index (χ1n) is 8.39. The third-order valence-corrected chi connectivity index (χ3v) is 5.71. The second-order valence-corrected chi connectivity index (χ2v) is 7.24. The van der Waals surface area contributed by atoms with Gasteiger partial charge >= 0.3 is 0 Å². The van der Waals surface area contributed by atoms with Gasteiger partial charge in [0.25, 0.3) is 5.95 Å². The Morgan fingerprint density at radius 2 is 1.88 bits per heavy atom. The lowest BCUT2D eigenvalue weighted by Crippen LogP contribution is -2.35. The molecule has 2 amide bonds. The Morgan fingerprint density at radius 1 is 1.19 bits per heavy atom. The SMILES string of the molecule is O=C1[C@@H]2[C@H](C(=O)N1c1ncn(Cc3ccc(F)cc3Cl)n1)[C@@H]1CC[C@@H]2O1. The summed E-state index contributed by atoms with van der Waals surface area (Å²) in [6.07, 6.45) is 2.69. The molecule has 134 valence electrons.